The van der Waals surface area contributed by atoms with Gasteiger partial charge in [0.1, 0.15) is 10.3 Å². The lowest BCUT2D eigenvalue weighted by Gasteiger charge is -2.28. The molecule has 3 aromatic carbocycles. The molecule has 0 bridgehead atoms. The van der Waals surface area contributed by atoms with E-state index in [1.54, 1.807) is 0 Å². The molecule has 2 aliphatic rings. The van der Waals surface area contributed by atoms with E-state index < -0.39 is 0 Å². The number of hydrogen-bond acceptors (Lipinski definition) is 4. The summed E-state index contributed by atoms with van der Waals surface area (Å²) in [6, 6.07) is 25.9. The average molecular weight is 493 g/mol. The highest BCUT2D eigenvalue weighted by Crippen LogP contribution is 2.49. The number of aryl methyl sites for hydroxylation is 1. The van der Waals surface area contributed by atoms with E-state index in [4.69, 9.17) is 4.42 Å². The van der Waals surface area contributed by atoms with Crippen LogP contribution in [0.1, 0.15) is 35.6 Å². The fourth-order valence-corrected chi connectivity index (χ4v) is 7.03. The standard InChI is InChI=1S/C31H30N3OS/c1-32-25-13-4-2-11-22(25)24(31-30(32)23-12-3-6-15-27(23)35-31)21-29-34(20-10-19-33-17-8-9-18-33)26-14-5-7-16-28(26)36-29/h2-7,11-16,21H,8-10,17-20H2,1H3/q+1. The zero-order valence-electron chi connectivity index (χ0n) is 20.6. The van der Waals surface area contributed by atoms with Gasteiger partial charge in [0.15, 0.2) is 12.3 Å². The topological polar surface area (TPSA) is 23.5 Å². The molecule has 0 spiro atoms. The van der Waals surface area contributed by atoms with Gasteiger partial charge in [-0.3, -0.25) is 0 Å². The highest BCUT2D eigenvalue weighted by atomic mass is 32.1. The summed E-state index contributed by atoms with van der Waals surface area (Å²) in [5, 5.41) is 2.43. The van der Waals surface area contributed by atoms with Crippen molar-refractivity contribution in [2.75, 3.05) is 31.6 Å². The summed E-state index contributed by atoms with van der Waals surface area (Å²) >= 11 is 1.87. The Kier molecular flexibility index (Phi) is 5.41. The largest absolute Gasteiger partial charge is 0.454 e. The third kappa shape index (κ3) is 3.57. The Balaban J connectivity index is 1.38. The highest BCUT2D eigenvalue weighted by Gasteiger charge is 2.31. The van der Waals surface area contributed by atoms with Gasteiger partial charge in [-0.05, 0) is 50.2 Å². The summed E-state index contributed by atoms with van der Waals surface area (Å²) in [4.78, 5) is 4.89. The number of anilines is 2. The van der Waals surface area contributed by atoms with Gasteiger partial charge in [-0.25, -0.2) is 0 Å². The smallest absolute Gasteiger partial charge is 0.263 e. The van der Waals surface area contributed by atoms with Gasteiger partial charge in [-0.1, -0.05) is 53.8 Å². The van der Waals surface area contributed by atoms with Crippen molar-refractivity contribution < 1.29 is 8.98 Å². The van der Waals surface area contributed by atoms with Crippen molar-refractivity contribution in [2.45, 2.75) is 25.8 Å². The van der Waals surface area contributed by atoms with Gasteiger partial charge in [0.2, 0.25) is 5.52 Å². The van der Waals surface area contributed by atoms with Crippen molar-refractivity contribution in [3.8, 4) is 0 Å². The van der Waals surface area contributed by atoms with Gasteiger partial charge < -0.3 is 14.2 Å². The van der Waals surface area contributed by atoms with Gasteiger partial charge in [0.25, 0.3) is 5.01 Å². The first-order valence-corrected chi connectivity index (χ1v) is 13.8. The summed E-state index contributed by atoms with van der Waals surface area (Å²) < 4.78 is 10.4. The number of fused-ring (bicyclic) bond motifs is 5. The molecular weight excluding hydrogens is 462 g/mol. The maximum absolute atomic E-state index is 6.54. The van der Waals surface area contributed by atoms with Crippen molar-refractivity contribution in [2.24, 2.45) is 0 Å². The minimum atomic E-state index is 0.933. The number of furan rings is 1. The molecule has 0 N–H and O–H groups in total. The molecule has 4 nitrogen and oxygen atoms in total. The van der Waals surface area contributed by atoms with Crippen molar-refractivity contribution in [1.82, 2.24) is 4.90 Å². The second-order valence-electron chi connectivity index (χ2n) is 9.87. The zero-order chi connectivity index (χ0) is 24.1. The maximum Gasteiger partial charge on any atom is 0.263 e. The van der Waals surface area contributed by atoms with Crippen LogP contribution in [0.4, 0.5) is 11.4 Å². The van der Waals surface area contributed by atoms with Crippen LogP contribution in [-0.4, -0.2) is 31.6 Å². The predicted octanol–water partition coefficient (Wildman–Crippen LogP) is 7.09. The number of hydrogen-bond donors (Lipinski definition) is 0. The monoisotopic (exact) mass is 492 g/mol. The van der Waals surface area contributed by atoms with Crippen molar-refractivity contribution in [3.05, 3.63) is 89.1 Å². The van der Waals surface area contributed by atoms with E-state index in [-0.39, 0.29) is 0 Å². The molecular formula is C31H30N3OS+. The number of likely N-dealkylation sites (tertiary alicyclic amines) is 1. The molecule has 2 aromatic heterocycles. The molecule has 0 amide bonds. The van der Waals surface area contributed by atoms with Crippen molar-refractivity contribution >= 4 is 55.5 Å². The number of thiazole rings is 1. The van der Waals surface area contributed by atoms with Crippen LogP contribution < -0.4 is 9.47 Å². The lowest BCUT2D eigenvalue weighted by atomic mass is 9.94. The first kappa shape index (κ1) is 21.8. The van der Waals surface area contributed by atoms with Crippen LogP contribution in [0, 0.1) is 0 Å². The minimum Gasteiger partial charge on any atom is -0.454 e. The second-order valence-corrected chi connectivity index (χ2v) is 10.9. The molecule has 36 heavy (non-hydrogen) atoms. The summed E-state index contributed by atoms with van der Waals surface area (Å²) in [5.74, 6) is 0.957. The first-order chi connectivity index (χ1) is 17.8. The lowest BCUT2D eigenvalue weighted by Crippen LogP contribution is -2.37. The molecule has 180 valence electrons. The molecule has 1 saturated heterocycles. The number of aromatic nitrogens is 1. The van der Waals surface area contributed by atoms with Crippen molar-refractivity contribution in [1.29, 1.82) is 0 Å². The molecule has 2 aliphatic heterocycles. The highest BCUT2D eigenvalue weighted by molar-refractivity contribution is 7.18. The van der Waals surface area contributed by atoms with Gasteiger partial charge >= 0.3 is 0 Å². The molecule has 0 atom stereocenters. The first-order valence-electron chi connectivity index (χ1n) is 13.0. The fraction of sp³-hybridized carbons (Fsp3) is 0.258. The predicted molar refractivity (Wildman–Crippen MR) is 150 cm³/mol. The minimum absolute atomic E-state index is 0.933. The molecule has 5 aromatic rings. The van der Waals surface area contributed by atoms with E-state index >= 15 is 0 Å². The van der Waals surface area contributed by atoms with Gasteiger partial charge in [0, 0.05) is 54.4 Å². The van der Waals surface area contributed by atoms with Crippen LogP contribution >= 0.6 is 11.3 Å². The zero-order valence-corrected chi connectivity index (χ0v) is 21.4. The molecule has 0 unspecified atom stereocenters. The molecule has 5 heteroatoms. The Morgan fingerprint density at radius 2 is 1.72 bits per heavy atom. The van der Waals surface area contributed by atoms with Gasteiger partial charge in [0.05, 0.1) is 5.69 Å². The Labute approximate surface area is 215 Å². The van der Waals surface area contributed by atoms with Gasteiger partial charge in [-0.2, -0.15) is 4.57 Å². The summed E-state index contributed by atoms with van der Waals surface area (Å²) in [5.41, 5.74) is 6.99. The van der Waals surface area contributed by atoms with Crippen molar-refractivity contribution in [3.63, 3.8) is 0 Å². The van der Waals surface area contributed by atoms with Crippen LogP contribution in [0.5, 0.6) is 0 Å². The van der Waals surface area contributed by atoms with E-state index in [9.17, 15) is 0 Å². The van der Waals surface area contributed by atoms with E-state index in [1.807, 2.05) is 17.4 Å². The Morgan fingerprint density at radius 3 is 2.64 bits per heavy atom. The fourth-order valence-electron chi connectivity index (χ4n) is 5.90. The second kappa shape index (κ2) is 8.91. The van der Waals surface area contributed by atoms with Crippen LogP contribution in [0.2, 0.25) is 0 Å². The van der Waals surface area contributed by atoms with E-state index in [2.05, 4.69) is 94.2 Å². The molecule has 4 heterocycles. The number of nitrogens with zero attached hydrogens (tertiary/aromatic N) is 3. The van der Waals surface area contributed by atoms with E-state index in [0.717, 1.165) is 41.0 Å². The third-order valence-corrected chi connectivity index (χ3v) is 8.78. The Bertz CT molecular complexity index is 1600. The Morgan fingerprint density at radius 1 is 0.944 bits per heavy atom. The molecule has 7 rings (SSSR count). The van der Waals surface area contributed by atoms with Crippen LogP contribution in [0.15, 0.2) is 77.2 Å². The van der Waals surface area contributed by atoms with Crippen LogP contribution in [0.25, 0.3) is 32.8 Å². The molecule has 0 saturated carbocycles. The number of para-hydroxylation sites is 3. The molecule has 0 radical (unpaired) electrons. The van der Waals surface area contributed by atoms with Gasteiger partial charge in [-0.15, -0.1) is 0 Å². The third-order valence-electron chi connectivity index (χ3n) is 7.66. The average Bonchev–Trinajstić information content (AvgIpc) is 3.64. The number of rotatable bonds is 5. The van der Waals surface area contributed by atoms with E-state index in [1.165, 1.54) is 59.0 Å². The summed E-state index contributed by atoms with van der Waals surface area (Å²) in [6.45, 7) is 4.71. The maximum atomic E-state index is 6.54. The summed E-state index contributed by atoms with van der Waals surface area (Å²) in [6.07, 6.45) is 6.23. The number of benzene rings is 3. The molecule has 0 aliphatic carbocycles. The molecule has 1 fully saturated rings. The lowest BCUT2D eigenvalue weighted by molar-refractivity contribution is -0.669. The van der Waals surface area contributed by atoms with E-state index in [0.29, 0.717) is 0 Å². The summed E-state index contributed by atoms with van der Waals surface area (Å²) in [7, 11) is 2.15. The quantitative estimate of drug-likeness (QED) is 0.245. The van der Waals surface area contributed by atoms with Crippen LogP contribution in [-0.2, 0) is 6.54 Å². The normalized spacial score (nSPS) is 16.8. The van der Waals surface area contributed by atoms with Crippen LogP contribution in [0.3, 0.4) is 0 Å². The Hall–Kier alpha value is -3.41. The SMILES string of the molecule is CN1c2ccccc2C(=Cc2sc3ccccc3[n+]2CCCN2CCCC2)c2oc3ccccc3c21.